The Bertz CT molecular complexity index is 852. The number of hydrogen-bond donors (Lipinski definition) is 1. The van der Waals surface area contributed by atoms with Gasteiger partial charge >= 0.3 is 0 Å². The van der Waals surface area contributed by atoms with Crippen LogP contribution in [-0.4, -0.2) is 9.97 Å². The summed E-state index contributed by atoms with van der Waals surface area (Å²) in [6, 6.07) is 18.8. The fourth-order valence-corrected chi connectivity index (χ4v) is 2.26. The molecule has 0 unspecified atom stereocenters. The predicted octanol–water partition coefficient (Wildman–Crippen LogP) is 3.92. The van der Waals surface area contributed by atoms with Crippen molar-refractivity contribution in [3.63, 3.8) is 0 Å². The van der Waals surface area contributed by atoms with Crippen LogP contribution in [0.3, 0.4) is 0 Å². The highest BCUT2D eigenvalue weighted by Crippen LogP contribution is 2.31. The zero-order valence-corrected chi connectivity index (χ0v) is 12.2. The van der Waals surface area contributed by atoms with Crippen LogP contribution in [0.1, 0.15) is 5.69 Å². The number of halogens is 1. The Hall–Kier alpha value is -2.90. The summed E-state index contributed by atoms with van der Waals surface area (Å²) in [5.74, 6) is 0.124. The third-order valence-electron chi connectivity index (χ3n) is 3.19. The Balaban J connectivity index is 2.27. The number of nitrogen functional groups attached to an aromatic ring is 1. The highest BCUT2D eigenvalue weighted by atomic mass is 35.5. The first kappa shape index (κ1) is 14.1. The highest BCUT2D eigenvalue weighted by Gasteiger charge is 2.15. The minimum Gasteiger partial charge on any atom is -0.381 e. The topological polar surface area (TPSA) is 75.6 Å². The normalized spacial score (nSPS) is 10.2. The lowest BCUT2D eigenvalue weighted by Crippen LogP contribution is -2.03. The van der Waals surface area contributed by atoms with E-state index in [0.29, 0.717) is 16.4 Å². The molecule has 0 bridgehead atoms. The molecule has 0 radical (unpaired) electrons. The molecule has 0 atom stereocenters. The molecule has 0 amide bonds. The van der Waals surface area contributed by atoms with Crippen molar-refractivity contribution < 1.29 is 0 Å². The molecule has 0 aliphatic carbocycles. The Morgan fingerprint density at radius 2 is 1.45 bits per heavy atom. The van der Waals surface area contributed by atoms with Gasteiger partial charge < -0.3 is 5.73 Å². The van der Waals surface area contributed by atoms with Gasteiger partial charge in [-0.25, -0.2) is 9.97 Å². The van der Waals surface area contributed by atoms with E-state index in [4.69, 9.17) is 22.6 Å². The number of benzene rings is 2. The number of rotatable bonds is 2. The lowest BCUT2D eigenvalue weighted by molar-refractivity contribution is 1.18. The van der Waals surface area contributed by atoms with Crippen molar-refractivity contribution in [2.24, 2.45) is 0 Å². The van der Waals surface area contributed by atoms with Crippen LogP contribution >= 0.6 is 11.6 Å². The van der Waals surface area contributed by atoms with Crippen LogP contribution < -0.4 is 5.73 Å². The van der Waals surface area contributed by atoms with Gasteiger partial charge in [-0.1, -0.05) is 54.1 Å². The molecule has 0 aliphatic rings. The zero-order valence-electron chi connectivity index (χ0n) is 11.5. The smallest absolute Gasteiger partial charge is 0.183 e. The molecule has 3 aromatic rings. The Morgan fingerprint density at radius 1 is 0.864 bits per heavy atom. The van der Waals surface area contributed by atoms with Gasteiger partial charge in [0.05, 0.1) is 11.4 Å². The average molecular weight is 307 g/mol. The van der Waals surface area contributed by atoms with Crippen LogP contribution in [0.2, 0.25) is 5.02 Å². The van der Waals surface area contributed by atoms with Crippen molar-refractivity contribution in [2.45, 2.75) is 0 Å². The Kier molecular flexibility index (Phi) is 3.73. The Labute approximate surface area is 132 Å². The molecule has 5 heteroatoms. The fourth-order valence-electron chi connectivity index (χ4n) is 2.14. The maximum Gasteiger partial charge on any atom is 0.183 e. The maximum atomic E-state index is 9.14. The second kappa shape index (κ2) is 5.84. The molecule has 22 heavy (non-hydrogen) atoms. The summed E-state index contributed by atoms with van der Waals surface area (Å²) in [4.78, 5) is 8.75. The average Bonchev–Trinajstić information content (AvgIpc) is 2.56. The Morgan fingerprint density at radius 3 is 2.09 bits per heavy atom. The number of aromatic nitrogens is 2. The van der Waals surface area contributed by atoms with Crippen LogP contribution in [-0.2, 0) is 0 Å². The van der Waals surface area contributed by atoms with E-state index in [1.807, 2.05) is 48.5 Å². The molecule has 1 aromatic heterocycles. The number of hydrogen-bond acceptors (Lipinski definition) is 4. The molecular weight excluding hydrogens is 296 g/mol. The van der Waals surface area contributed by atoms with Crippen LogP contribution in [0.15, 0.2) is 54.6 Å². The highest BCUT2D eigenvalue weighted by molar-refractivity contribution is 6.30. The first-order valence-corrected chi connectivity index (χ1v) is 6.96. The summed E-state index contributed by atoms with van der Waals surface area (Å²) in [5.41, 5.74) is 8.89. The van der Waals surface area contributed by atoms with Gasteiger partial charge in [-0.3, -0.25) is 0 Å². The number of nitrogens with zero attached hydrogens (tertiary/aromatic N) is 3. The van der Waals surface area contributed by atoms with E-state index < -0.39 is 0 Å². The summed E-state index contributed by atoms with van der Waals surface area (Å²) in [6.07, 6.45) is 0. The molecular formula is C17H11ClN4. The van der Waals surface area contributed by atoms with Crippen molar-refractivity contribution in [1.29, 1.82) is 5.26 Å². The summed E-state index contributed by atoms with van der Waals surface area (Å²) in [7, 11) is 0. The van der Waals surface area contributed by atoms with Crippen molar-refractivity contribution >= 4 is 17.4 Å². The van der Waals surface area contributed by atoms with Crippen LogP contribution in [0.5, 0.6) is 0 Å². The van der Waals surface area contributed by atoms with Gasteiger partial charge in [-0.05, 0) is 12.1 Å². The summed E-state index contributed by atoms with van der Waals surface area (Å²) >= 11 is 5.93. The largest absolute Gasteiger partial charge is 0.381 e. The van der Waals surface area contributed by atoms with Crippen molar-refractivity contribution in [3.05, 3.63) is 65.3 Å². The first-order chi connectivity index (χ1) is 10.7. The second-order valence-corrected chi connectivity index (χ2v) is 5.08. The maximum absolute atomic E-state index is 9.14. The van der Waals surface area contributed by atoms with Gasteiger partial charge in [-0.15, -0.1) is 0 Å². The lowest BCUT2D eigenvalue weighted by atomic mass is 10.0. The molecule has 0 saturated carbocycles. The van der Waals surface area contributed by atoms with Gasteiger partial charge in [0.15, 0.2) is 11.5 Å². The summed E-state index contributed by atoms with van der Waals surface area (Å²) < 4.78 is 0. The van der Waals surface area contributed by atoms with Crippen LogP contribution in [0.4, 0.5) is 5.82 Å². The lowest BCUT2D eigenvalue weighted by Gasteiger charge is -2.10. The number of nitrogens with two attached hydrogens (primary N) is 1. The van der Waals surface area contributed by atoms with Crippen LogP contribution in [0, 0.1) is 11.3 Å². The SMILES string of the molecule is N#Cc1nc(-c2ccc(Cl)cc2)c(-c2ccccc2)nc1N. The minimum absolute atomic E-state index is 0.115. The summed E-state index contributed by atoms with van der Waals surface area (Å²) in [6.45, 7) is 0. The second-order valence-electron chi connectivity index (χ2n) is 4.64. The molecule has 3 rings (SSSR count). The van der Waals surface area contributed by atoms with Gasteiger partial charge in [0.1, 0.15) is 6.07 Å². The molecule has 2 N–H and O–H groups in total. The zero-order chi connectivity index (χ0) is 15.5. The third kappa shape index (κ3) is 2.62. The molecule has 0 spiro atoms. The quantitative estimate of drug-likeness (QED) is 0.778. The molecule has 2 aromatic carbocycles. The first-order valence-electron chi connectivity index (χ1n) is 6.58. The van der Waals surface area contributed by atoms with E-state index in [2.05, 4.69) is 9.97 Å². The van der Waals surface area contributed by atoms with E-state index in [1.165, 1.54) is 0 Å². The van der Waals surface area contributed by atoms with E-state index in [9.17, 15) is 0 Å². The third-order valence-corrected chi connectivity index (χ3v) is 3.45. The number of anilines is 1. The molecule has 0 fully saturated rings. The molecule has 106 valence electrons. The monoisotopic (exact) mass is 306 g/mol. The standard InChI is InChI=1S/C17H11ClN4/c18-13-8-6-12(7-9-13)15-16(11-4-2-1-3-5-11)22-17(20)14(10-19)21-15/h1-9H,(H2,20,22). The van der Waals surface area contributed by atoms with E-state index in [0.717, 1.165) is 11.1 Å². The predicted molar refractivity (Wildman–Crippen MR) is 87.0 cm³/mol. The van der Waals surface area contributed by atoms with E-state index in [1.54, 1.807) is 12.1 Å². The van der Waals surface area contributed by atoms with Gasteiger partial charge in [0.2, 0.25) is 0 Å². The summed E-state index contributed by atoms with van der Waals surface area (Å²) in [5, 5.41) is 9.78. The van der Waals surface area contributed by atoms with Crippen molar-refractivity contribution in [2.75, 3.05) is 5.73 Å². The van der Waals surface area contributed by atoms with E-state index >= 15 is 0 Å². The molecule has 0 saturated heterocycles. The fraction of sp³-hybridized carbons (Fsp3) is 0. The van der Waals surface area contributed by atoms with Gasteiger partial charge in [-0.2, -0.15) is 5.26 Å². The molecule has 0 aliphatic heterocycles. The minimum atomic E-state index is 0.115. The van der Waals surface area contributed by atoms with E-state index in [-0.39, 0.29) is 11.5 Å². The molecule has 1 heterocycles. The molecule has 4 nitrogen and oxygen atoms in total. The van der Waals surface area contributed by atoms with Crippen LogP contribution in [0.25, 0.3) is 22.5 Å². The van der Waals surface area contributed by atoms with Crippen molar-refractivity contribution in [3.8, 4) is 28.6 Å². The number of nitriles is 1. The van der Waals surface area contributed by atoms with Gasteiger partial charge in [0, 0.05) is 16.1 Å². The van der Waals surface area contributed by atoms with Crippen molar-refractivity contribution in [1.82, 2.24) is 9.97 Å². The van der Waals surface area contributed by atoms with Gasteiger partial charge in [0.25, 0.3) is 0 Å².